The SMILES string of the molecule is CSC1=C(C(C)=O)C(=O)CC(c2ccco2)O1. The van der Waals surface area contributed by atoms with E-state index in [9.17, 15) is 9.59 Å². The molecular weight excluding hydrogens is 240 g/mol. The van der Waals surface area contributed by atoms with E-state index in [1.54, 1.807) is 18.4 Å². The molecule has 1 aliphatic rings. The monoisotopic (exact) mass is 252 g/mol. The predicted molar refractivity (Wildman–Crippen MR) is 63.4 cm³/mol. The van der Waals surface area contributed by atoms with Gasteiger partial charge in [0.05, 0.1) is 12.7 Å². The van der Waals surface area contributed by atoms with Crippen LogP contribution in [-0.2, 0) is 14.3 Å². The van der Waals surface area contributed by atoms with Gasteiger partial charge >= 0.3 is 0 Å². The highest BCUT2D eigenvalue weighted by molar-refractivity contribution is 8.02. The highest BCUT2D eigenvalue weighted by Gasteiger charge is 2.33. The van der Waals surface area contributed by atoms with Crippen LogP contribution in [-0.4, -0.2) is 17.8 Å². The third-order valence-corrected chi connectivity index (χ3v) is 3.17. The Kier molecular flexibility index (Phi) is 3.38. The lowest BCUT2D eigenvalue weighted by atomic mass is 10.00. The first-order valence-corrected chi connectivity index (χ1v) is 6.38. The zero-order valence-corrected chi connectivity index (χ0v) is 10.4. The van der Waals surface area contributed by atoms with E-state index in [2.05, 4.69) is 0 Å². The summed E-state index contributed by atoms with van der Waals surface area (Å²) >= 11 is 1.26. The zero-order chi connectivity index (χ0) is 12.4. The van der Waals surface area contributed by atoms with Crippen LogP contribution in [0.15, 0.2) is 33.5 Å². The standard InChI is InChI=1S/C12H12O4S/c1-7(13)11-8(14)6-10(16-12(11)17-2)9-4-3-5-15-9/h3-5,10H,6H2,1-2H3. The first-order valence-electron chi connectivity index (χ1n) is 5.16. The lowest BCUT2D eigenvalue weighted by Crippen LogP contribution is -2.23. The average molecular weight is 252 g/mol. The van der Waals surface area contributed by atoms with Crippen molar-refractivity contribution in [1.82, 2.24) is 0 Å². The van der Waals surface area contributed by atoms with Crippen LogP contribution in [0.3, 0.4) is 0 Å². The number of ketones is 2. The first-order chi connectivity index (χ1) is 8.13. The molecule has 1 aliphatic heterocycles. The van der Waals surface area contributed by atoms with Crippen LogP contribution in [0.5, 0.6) is 0 Å². The van der Waals surface area contributed by atoms with Crippen LogP contribution in [0, 0.1) is 0 Å². The fourth-order valence-electron chi connectivity index (χ4n) is 1.74. The normalized spacial score (nSPS) is 20.4. The molecule has 0 radical (unpaired) electrons. The van der Waals surface area contributed by atoms with Crippen LogP contribution in [0.2, 0.25) is 0 Å². The highest BCUT2D eigenvalue weighted by atomic mass is 32.2. The number of ether oxygens (including phenoxy) is 1. The van der Waals surface area contributed by atoms with E-state index >= 15 is 0 Å². The lowest BCUT2D eigenvalue weighted by molar-refractivity contribution is -0.124. The minimum Gasteiger partial charge on any atom is -0.475 e. The molecular formula is C12H12O4S. The summed E-state index contributed by atoms with van der Waals surface area (Å²) in [6.07, 6.45) is 3.03. The summed E-state index contributed by atoms with van der Waals surface area (Å²) in [4.78, 5) is 23.3. The van der Waals surface area contributed by atoms with Crippen molar-refractivity contribution in [3.63, 3.8) is 0 Å². The largest absolute Gasteiger partial charge is 0.475 e. The Morgan fingerprint density at radius 3 is 2.82 bits per heavy atom. The van der Waals surface area contributed by atoms with Gasteiger partial charge in [-0.3, -0.25) is 9.59 Å². The number of carbonyl (C=O) groups excluding carboxylic acids is 2. The third-order valence-electron chi connectivity index (χ3n) is 2.50. The third kappa shape index (κ3) is 2.29. The van der Waals surface area contributed by atoms with Crippen LogP contribution < -0.4 is 0 Å². The second-order valence-corrected chi connectivity index (χ2v) is 4.45. The highest BCUT2D eigenvalue weighted by Crippen LogP contribution is 2.36. The fourth-order valence-corrected chi connectivity index (χ4v) is 2.41. The van der Waals surface area contributed by atoms with E-state index in [0.29, 0.717) is 10.9 Å². The van der Waals surface area contributed by atoms with Gasteiger partial charge in [-0.15, -0.1) is 0 Å². The summed E-state index contributed by atoms with van der Waals surface area (Å²) in [6, 6.07) is 3.50. The van der Waals surface area contributed by atoms with Gasteiger partial charge in [-0.2, -0.15) is 0 Å². The van der Waals surface area contributed by atoms with Crippen molar-refractivity contribution >= 4 is 23.3 Å². The molecule has 1 aromatic rings. The van der Waals surface area contributed by atoms with E-state index < -0.39 is 6.10 Å². The number of carbonyl (C=O) groups is 2. The molecule has 1 atom stereocenters. The van der Waals surface area contributed by atoms with Gasteiger partial charge in [-0.1, -0.05) is 11.8 Å². The molecule has 0 aliphatic carbocycles. The Hall–Kier alpha value is -1.49. The number of allylic oxidation sites excluding steroid dienone is 1. The Morgan fingerprint density at radius 1 is 1.53 bits per heavy atom. The van der Waals surface area contributed by atoms with Crippen LogP contribution in [0.25, 0.3) is 0 Å². The van der Waals surface area contributed by atoms with Crippen molar-refractivity contribution in [2.75, 3.05) is 6.26 Å². The molecule has 4 nitrogen and oxygen atoms in total. The second-order valence-electron chi connectivity index (χ2n) is 3.67. The summed E-state index contributed by atoms with van der Waals surface area (Å²) in [6.45, 7) is 1.38. The Morgan fingerprint density at radius 2 is 2.29 bits per heavy atom. The molecule has 0 aromatic carbocycles. The number of hydrogen-bond acceptors (Lipinski definition) is 5. The molecule has 0 spiro atoms. The van der Waals surface area contributed by atoms with Gasteiger partial charge in [0, 0.05) is 0 Å². The quantitative estimate of drug-likeness (QED) is 0.773. The Balaban J connectivity index is 2.33. The second kappa shape index (κ2) is 4.79. The van der Waals surface area contributed by atoms with Gasteiger partial charge in [0.2, 0.25) is 0 Å². The van der Waals surface area contributed by atoms with Crippen LogP contribution >= 0.6 is 11.8 Å². The molecule has 0 saturated heterocycles. The topological polar surface area (TPSA) is 56.5 Å². The average Bonchev–Trinajstić information content (AvgIpc) is 2.80. The van der Waals surface area contributed by atoms with Crippen molar-refractivity contribution < 1.29 is 18.7 Å². The van der Waals surface area contributed by atoms with E-state index in [1.165, 1.54) is 24.9 Å². The minimum atomic E-state index is -0.428. The smallest absolute Gasteiger partial charge is 0.174 e. The Bertz CT molecular complexity index is 473. The van der Waals surface area contributed by atoms with Crippen LogP contribution in [0.4, 0.5) is 0 Å². The molecule has 0 N–H and O–H groups in total. The molecule has 0 fully saturated rings. The molecule has 2 heterocycles. The molecule has 0 bridgehead atoms. The molecule has 5 heteroatoms. The molecule has 1 aromatic heterocycles. The first kappa shape index (κ1) is 12.0. The van der Waals surface area contributed by atoms with Gasteiger partial charge in [-0.25, -0.2) is 0 Å². The van der Waals surface area contributed by atoms with Crippen molar-refractivity contribution in [2.45, 2.75) is 19.4 Å². The van der Waals surface area contributed by atoms with E-state index in [1.807, 2.05) is 0 Å². The van der Waals surface area contributed by atoms with E-state index in [4.69, 9.17) is 9.15 Å². The summed E-state index contributed by atoms with van der Waals surface area (Å²) < 4.78 is 10.8. The Labute approximate surface area is 103 Å². The summed E-state index contributed by atoms with van der Waals surface area (Å²) in [5, 5.41) is 0.384. The number of hydrogen-bond donors (Lipinski definition) is 0. The fraction of sp³-hybridized carbons (Fsp3) is 0.333. The molecule has 1 unspecified atom stereocenters. The van der Waals surface area contributed by atoms with Gasteiger partial charge in [0.25, 0.3) is 0 Å². The molecule has 0 amide bonds. The number of furan rings is 1. The zero-order valence-electron chi connectivity index (χ0n) is 9.56. The lowest BCUT2D eigenvalue weighted by Gasteiger charge is -2.24. The molecule has 0 saturated carbocycles. The van der Waals surface area contributed by atoms with Crippen molar-refractivity contribution in [1.29, 1.82) is 0 Å². The molecule has 2 rings (SSSR count). The maximum atomic E-state index is 11.9. The van der Waals surface area contributed by atoms with E-state index in [0.717, 1.165) is 0 Å². The van der Waals surface area contributed by atoms with Gasteiger partial charge in [0.15, 0.2) is 22.8 Å². The summed E-state index contributed by atoms with van der Waals surface area (Å²) in [5.74, 6) is 0.166. The van der Waals surface area contributed by atoms with Crippen LogP contribution in [0.1, 0.15) is 25.2 Å². The molecule has 17 heavy (non-hydrogen) atoms. The van der Waals surface area contributed by atoms with Gasteiger partial charge in [0.1, 0.15) is 11.3 Å². The number of thioether (sulfide) groups is 1. The maximum absolute atomic E-state index is 11.9. The van der Waals surface area contributed by atoms with Crippen molar-refractivity contribution in [3.05, 3.63) is 34.8 Å². The van der Waals surface area contributed by atoms with Gasteiger partial charge < -0.3 is 9.15 Å². The number of Topliss-reactive ketones (excluding diaryl/α,β-unsaturated/α-hetero) is 2. The van der Waals surface area contributed by atoms with Crippen molar-refractivity contribution in [3.8, 4) is 0 Å². The predicted octanol–water partition coefficient (Wildman–Crippen LogP) is 2.47. The summed E-state index contributed by atoms with van der Waals surface area (Å²) in [7, 11) is 0. The molecule has 90 valence electrons. The number of rotatable bonds is 3. The minimum absolute atomic E-state index is 0.145. The summed E-state index contributed by atoms with van der Waals surface area (Å²) in [5.41, 5.74) is 0.167. The van der Waals surface area contributed by atoms with Gasteiger partial charge in [-0.05, 0) is 25.3 Å². The maximum Gasteiger partial charge on any atom is 0.174 e. The van der Waals surface area contributed by atoms with Crippen molar-refractivity contribution in [2.24, 2.45) is 0 Å². The van der Waals surface area contributed by atoms with E-state index in [-0.39, 0.29) is 23.6 Å².